The molecule has 0 radical (unpaired) electrons. The Bertz CT molecular complexity index is 365. The minimum Gasteiger partial charge on any atom is -0.391 e. The summed E-state index contributed by atoms with van der Waals surface area (Å²) in [6.07, 6.45) is 1.69. The molecule has 0 saturated heterocycles. The standard InChI is InChI=1S/C11H13N3O.ClH/c1-2-4-10(5-3-1)8-15-14-11-6-12-9-13-7-11;/h1-5,9H,6-8H2,(H,12,13);1H. The molecule has 1 aromatic rings. The van der Waals surface area contributed by atoms with E-state index in [9.17, 15) is 0 Å². The van der Waals surface area contributed by atoms with Crippen LogP contribution < -0.4 is 5.32 Å². The topological polar surface area (TPSA) is 46.0 Å². The van der Waals surface area contributed by atoms with Crippen molar-refractivity contribution in [1.82, 2.24) is 5.32 Å². The summed E-state index contributed by atoms with van der Waals surface area (Å²) in [5.74, 6) is 0. The molecule has 0 aromatic heterocycles. The number of oxime groups is 1. The Balaban J connectivity index is 0.00000128. The van der Waals surface area contributed by atoms with Crippen molar-refractivity contribution in [2.24, 2.45) is 10.1 Å². The first-order chi connectivity index (χ1) is 7.45. The van der Waals surface area contributed by atoms with E-state index in [1.54, 1.807) is 6.34 Å². The predicted molar refractivity (Wildman–Crippen MR) is 67.3 cm³/mol. The van der Waals surface area contributed by atoms with Crippen LogP contribution in [0.5, 0.6) is 0 Å². The Kier molecular flexibility index (Phi) is 5.36. The molecule has 4 nitrogen and oxygen atoms in total. The molecule has 1 aromatic carbocycles. The summed E-state index contributed by atoms with van der Waals surface area (Å²) in [6.45, 7) is 1.86. The van der Waals surface area contributed by atoms with E-state index in [1.165, 1.54) is 0 Å². The normalized spacial score (nSPS) is 16.4. The van der Waals surface area contributed by atoms with Gasteiger partial charge >= 0.3 is 0 Å². The first-order valence-corrected chi connectivity index (χ1v) is 4.88. The molecule has 0 saturated carbocycles. The van der Waals surface area contributed by atoms with E-state index in [1.807, 2.05) is 30.3 Å². The zero-order chi connectivity index (χ0) is 10.3. The third kappa shape index (κ3) is 3.90. The summed E-state index contributed by atoms with van der Waals surface area (Å²) in [6, 6.07) is 9.97. The van der Waals surface area contributed by atoms with E-state index in [-0.39, 0.29) is 12.4 Å². The minimum absolute atomic E-state index is 0. The molecule has 1 heterocycles. The molecule has 0 atom stereocenters. The Morgan fingerprint density at radius 3 is 2.81 bits per heavy atom. The van der Waals surface area contributed by atoms with Crippen LogP contribution in [0.2, 0.25) is 0 Å². The fourth-order valence-corrected chi connectivity index (χ4v) is 1.27. The van der Waals surface area contributed by atoms with Gasteiger partial charge in [-0.25, -0.2) is 0 Å². The van der Waals surface area contributed by atoms with Crippen molar-refractivity contribution in [2.75, 3.05) is 13.1 Å². The van der Waals surface area contributed by atoms with E-state index in [0.29, 0.717) is 13.2 Å². The molecule has 1 aliphatic heterocycles. The van der Waals surface area contributed by atoms with Crippen LogP contribution in [0.15, 0.2) is 40.5 Å². The molecule has 2 rings (SSSR count). The van der Waals surface area contributed by atoms with E-state index >= 15 is 0 Å². The van der Waals surface area contributed by atoms with Gasteiger partial charge in [0.1, 0.15) is 6.61 Å². The van der Waals surface area contributed by atoms with E-state index in [0.717, 1.165) is 17.8 Å². The molecule has 0 bridgehead atoms. The third-order valence-corrected chi connectivity index (χ3v) is 2.03. The second kappa shape index (κ2) is 6.85. The van der Waals surface area contributed by atoms with Crippen molar-refractivity contribution >= 4 is 24.5 Å². The number of halogens is 1. The van der Waals surface area contributed by atoms with Crippen molar-refractivity contribution in [2.45, 2.75) is 6.61 Å². The Morgan fingerprint density at radius 2 is 2.12 bits per heavy atom. The van der Waals surface area contributed by atoms with Gasteiger partial charge < -0.3 is 10.2 Å². The van der Waals surface area contributed by atoms with E-state index in [2.05, 4.69) is 15.5 Å². The average Bonchev–Trinajstić information content (AvgIpc) is 2.32. The zero-order valence-electron chi connectivity index (χ0n) is 8.80. The van der Waals surface area contributed by atoms with Gasteiger partial charge in [-0.15, -0.1) is 12.4 Å². The number of hydrogen-bond acceptors (Lipinski definition) is 4. The average molecular weight is 240 g/mol. The van der Waals surface area contributed by atoms with Crippen molar-refractivity contribution in [1.29, 1.82) is 0 Å². The van der Waals surface area contributed by atoms with Crippen molar-refractivity contribution in [3.05, 3.63) is 35.9 Å². The van der Waals surface area contributed by atoms with Crippen LogP contribution in [0.25, 0.3) is 0 Å². The van der Waals surface area contributed by atoms with Gasteiger partial charge in [-0.3, -0.25) is 4.99 Å². The maximum atomic E-state index is 5.23. The molecule has 1 aliphatic rings. The highest BCUT2D eigenvalue weighted by Crippen LogP contribution is 2.00. The molecule has 0 amide bonds. The fraction of sp³-hybridized carbons (Fsp3) is 0.273. The summed E-state index contributed by atoms with van der Waals surface area (Å²) >= 11 is 0. The molecule has 16 heavy (non-hydrogen) atoms. The molecular weight excluding hydrogens is 226 g/mol. The molecular formula is C11H14ClN3O. The summed E-state index contributed by atoms with van der Waals surface area (Å²) < 4.78 is 0. The Hall–Kier alpha value is -1.55. The van der Waals surface area contributed by atoms with E-state index in [4.69, 9.17) is 4.84 Å². The highest BCUT2D eigenvalue weighted by molar-refractivity contribution is 5.92. The molecule has 0 aliphatic carbocycles. The third-order valence-electron chi connectivity index (χ3n) is 2.03. The first-order valence-electron chi connectivity index (χ1n) is 4.88. The number of aliphatic imine (C=N–C) groups is 1. The minimum atomic E-state index is 0. The van der Waals surface area contributed by atoms with Gasteiger partial charge in [-0.05, 0) is 5.56 Å². The lowest BCUT2D eigenvalue weighted by atomic mass is 10.2. The largest absolute Gasteiger partial charge is 0.391 e. The highest BCUT2D eigenvalue weighted by Gasteiger charge is 2.01. The van der Waals surface area contributed by atoms with Gasteiger partial charge in [-0.1, -0.05) is 35.5 Å². The van der Waals surface area contributed by atoms with Crippen molar-refractivity contribution < 1.29 is 4.84 Å². The summed E-state index contributed by atoms with van der Waals surface area (Å²) in [7, 11) is 0. The van der Waals surface area contributed by atoms with Crippen LogP contribution in [0, 0.1) is 0 Å². The molecule has 0 unspecified atom stereocenters. The molecule has 0 fully saturated rings. The maximum Gasteiger partial charge on any atom is 0.142 e. The van der Waals surface area contributed by atoms with Crippen molar-refractivity contribution in [3.8, 4) is 0 Å². The summed E-state index contributed by atoms with van der Waals surface area (Å²) in [4.78, 5) is 9.27. The second-order valence-electron chi connectivity index (χ2n) is 3.27. The Morgan fingerprint density at radius 1 is 1.31 bits per heavy atom. The number of nitrogens with zero attached hydrogens (tertiary/aromatic N) is 2. The van der Waals surface area contributed by atoms with Gasteiger partial charge in [0.15, 0.2) is 0 Å². The number of rotatable bonds is 3. The van der Waals surface area contributed by atoms with Crippen LogP contribution in [0.3, 0.4) is 0 Å². The van der Waals surface area contributed by atoms with Crippen LogP contribution in [0.4, 0.5) is 0 Å². The van der Waals surface area contributed by atoms with Crippen molar-refractivity contribution in [3.63, 3.8) is 0 Å². The molecule has 86 valence electrons. The van der Waals surface area contributed by atoms with E-state index < -0.39 is 0 Å². The quantitative estimate of drug-likeness (QED) is 0.815. The fourth-order valence-electron chi connectivity index (χ4n) is 1.27. The van der Waals surface area contributed by atoms with Crippen LogP contribution >= 0.6 is 12.4 Å². The maximum absolute atomic E-state index is 5.23. The first kappa shape index (κ1) is 12.5. The van der Waals surface area contributed by atoms with Crippen LogP contribution in [-0.2, 0) is 11.4 Å². The second-order valence-corrected chi connectivity index (χ2v) is 3.27. The lowest BCUT2D eigenvalue weighted by Crippen LogP contribution is -2.28. The monoisotopic (exact) mass is 239 g/mol. The summed E-state index contributed by atoms with van der Waals surface area (Å²) in [5.41, 5.74) is 2.04. The van der Waals surface area contributed by atoms with Crippen LogP contribution in [-0.4, -0.2) is 25.1 Å². The molecule has 0 spiro atoms. The van der Waals surface area contributed by atoms with Gasteiger partial charge in [0.25, 0.3) is 0 Å². The number of benzene rings is 1. The predicted octanol–water partition coefficient (Wildman–Crippen LogP) is 1.61. The molecule has 5 heteroatoms. The SMILES string of the molecule is C1=NC/C(=N/OCc2ccccc2)CN1.Cl. The molecule has 1 N–H and O–H groups in total. The van der Waals surface area contributed by atoms with Crippen LogP contribution in [0.1, 0.15) is 5.56 Å². The smallest absolute Gasteiger partial charge is 0.142 e. The van der Waals surface area contributed by atoms with Gasteiger partial charge in [0.2, 0.25) is 0 Å². The van der Waals surface area contributed by atoms with Gasteiger partial charge in [0, 0.05) is 0 Å². The Labute approximate surface area is 101 Å². The van der Waals surface area contributed by atoms with Gasteiger partial charge in [0.05, 0.1) is 25.1 Å². The lowest BCUT2D eigenvalue weighted by Gasteiger charge is -2.08. The zero-order valence-corrected chi connectivity index (χ0v) is 9.61. The number of nitrogens with one attached hydrogen (secondary N) is 1. The summed E-state index contributed by atoms with van der Waals surface area (Å²) in [5, 5.41) is 7.00. The highest BCUT2D eigenvalue weighted by atomic mass is 35.5. The lowest BCUT2D eigenvalue weighted by molar-refractivity contribution is 0.129. The number of hydrogen-bond donors (Lipinski definition) is 1. The van der Waals surface area contributed by atoms with Gasteiger partial charge in [-0.2, -0.15) is 0 Å².